The molecular weight excluding hydrogens is 252 g/mol. The molecule has 0 bridgehead atoms. The van der Waals surface area contributed by atoms with E-state index in [4.69, 9.17) is 11.6 Å². The minimum atomic E-state index is 0.0146. The Hall–Kier alpha value is -0.770. The third kappa shape index (κ3) is 5.25. The van der Waals surface area contributed by atoms with E-state index in [1.165, 1.54) is 0 Å². The Morgan fingerprint density at radius 1 is 1.28 bits per heavy atom. The molecule has 5 heteroatoms. The summed E-state index contributed by atoms with van der Waals surface area (Å²) in [5, 5.41) is 2.96. The smallest absolute Gasteiger partial charge is 0.222 e. The first-order valence-electron chi connectivity index (χ1n) is 6.80. The quantitative estimate of drug-likeness (QED) is 0.752. The van der Waals surface area contributed by atoms with E-state index in [0.717, 1.165) is 38.8 Å². The van der Waals surface area contributed by atoms with Crippen LogP contribution in [-0.4, -0.2) is 41.7 Å². The van der Waals surface area contributed by atoms with E-state index >= 15 is 0 Å². The molecule has 0 aromatic carbocycles. The van der Waals surface area contributed by atoms with Crippen LogP contribution in [0.5, 0.6) is 0 Å². The lowest BCUT2D eigenvalue weighted by Crippen LogP contribution is -2.46. The molecule has 1 rings (SSSR count). The molecule has 1 aliphatic rings. The zero-order valence-electron chi connectivity index (χ0n) is 11.1. The van der Waals surface area contributed by atoms with E-state index in [1.54, 1.807) is 0 Å². The summed E-state index contributed by atoms with van der Waals surface area (Å²) in [5.41, 5.74) is 0. The highest BCUT2D eigenvalue weighted by Crippen LogP contribution is 2.12. The Labute approximate surface area is 114 Å². The van der Waals surface area contributed by atoms with Gasteiger partial charge in [-0.15, -0.1) is 11.6 Å². The fraction of sp³-hybridized carbons (Fsp3) is 0.846. The van der Waals surface area contributed by atoms with Crippen molar-refractivity contribution in [1.82, 2.24) is 10.2 Å². The molecule has 18 heavy (non-hydrogen) atoms. The largest absolute Gasteiger partial charge is 0.353 e. The van der Waals surface area contributed by atoms with Gasteiger partial charge >= 0.3 is 0 Å². The molecule has 1 fully saturated rings. The molecule has 0 saturated carbocycles. The number of carbonyl (C=O) groups excluding carboxylic acids is 2. The van der Waals surface area contributed by atoms with Crippen molar-refractivity contribution < 1.29 is 9.59 Å². The van der Waals surface area contributed by atoms with Crippen LogP contribution in [0.4, 0.5) is 0 Å². The van der Waals surface area contributed by atoms with Crippen LogP contribution >= 0.6 is 11.6 Å². The third-order valence-electron chi connectivity index (χ3n) is 3.28. The van der Waals surface area contributed by atoms with Crippen molar-refractivity contribution >= 4 is 23.4 Å². The predicted molar refractivity (Wildman–Crippen MR) is 72.6 cm³/mol. The SMILES string of the molecule is CCCCC(=O)N1CCC(NC(=O)CCCl)CC1. The van der Waals surface area contributed by atoms with Gasteiger partial charge in [-0.05, 0) is 19.3 Å². The van der Waals surface area contributed by atoms with Crippen LogP contribution in [0.3, 0.4) is 0 Å². The first kappa shape index (κ1) is 15.3. The fourth-order valence-corrected chi connectivity index (χ4v) is 2.32. The summed E-state index contributed by atoms with van der Waals surface area (Å²) in [4.78, 5) is 25.1. The van der Waals surface area contributed by atoms with E-state index < -0.39 is 0 Å². The van der Waals surface area contributed by atoms with Gasteiger partial charge in [0.25, 0.3) is 0 Å². The molecule has 0 radical (unpaired) electrons. The minimum Gasteiger partial charge on any atom is -0.353 e. The van der Waals surface area contributed by atoms with Gasteiger partial charge in [-0.1, -0.05) is 13.3 Å². The monoisotopic (exact) mass is 274 g/mol. The van der Waals surface area contributed by atoms with Gasteiger partial charge in [0.05, 0.1) is 0 Å². The topological polar surface area (TPSA) is 49.4 Å². The Morgan fingerprint density at radius 3 is 2.50 bits per heavy atom. The first-order valence-corrected chi connectivity index (χ1v) is 7.34. The van der Waals surface area contributed by atoms with Gasteiger partial charge in [0, 0.05) is 37.9 Å². The van der Waals surface area contributed by atoms with Crippen LogP contribution in [0.1, 0.15) is 45.4 Å². The molecule has 1 saturated heterocycles. The average molecular weight is 275 g/mol. The lowest BCUT2D eigenvalue weighted by Gasteiger charge is -2.32. The maximum atomic E-state index is 11.8. The van der Waals surface area contributed by atoms with Crippen molar-refractivity contribution in [3.05, 3.63) is 0 Å². The Balaban J connectivity index is 2.23. The molecule has 104 valence electrons. The van der Waals surface area contributed by atoms with Gasteiger partial charge in [0.15, 0.2) is 0 Å². The van der Waals surface area contributed by atoms with Crippen LogP contribution in [0, 0.1) is 0 Å². The zero-order chi connectivity index (χ0) is 13.4. The highest BCUT2D eigenvalue weighted by Gasteiger charge is 2.23. The summed E-state index contributed by atoms with van der Waals surface area (Å²) in [6, 6.07) is 0.205. The van der Waals surface area contributed by atoms with Gasteiger partial charge in [0.2, 0.25) is 11.8 Å². The molecule has 0 atom stereocenters. The molecule has 4 nitrogen and oxygen atoms in total. The summed E-state index contributed by atoms with van der Waals surface area (Å²) >= 11 is 5.51. The predicted octanol–water partition coefficient (Wildman–Crippen LogP) is 1.91. The molecule has 1 aliphatic heterocycles. The van der Waals surface area contributed by atoms with E-state index in [-0.39, 0.29) is 17.9 Å². The molecule has 0 unspecified atom stereocenters. The summed E-state index contributed by atoms with van der Waals surface area (Å²) < 4.78 is 0. The van der Waals surface area contributed by atoms with Crippen LogP contribution in [0.15, 0.2) is 0 Å². The van der Waals surface area contributed by atoms with Crippen molar-refractivity contribution in [3.8, 4) is 0 Å². The van der Waals surface area contributed by atoms with E-state index in [0.29, 0.717) is 18.7 Å². The van der Waals surface area contributed by atoms with Crippen molar-refractivity contribution in [2.24, 2.45) is 0 Å². The van der Waals surface area contributed by atoms with Gasteiger partial charge in [-0.3, -0.25) is 9.59 Å². The number of nitrogens with one attached hydrogen (secondary N) is 1. The molecule has 0 aliphatic carbocycles. The van der Waals surface area contributed by atoms with E-state index in [1.807, 2.05) is 4.90 Å². The maximum absolute atomic E-state index is 11.8. The van der Waals surface area contributed by atoms with Crippen molar-refractivity contribution in [3.63, 3.8) is 0 Å². The zero-order valence-corrected chi connectivity index (χ0v) is 11.8. The maximum Gasteiger partial charge on any atom is 0.222 e. The number of piperidine rings is 1. The number of hydrogen-bond donors (Lipinski definition) is 1. The lowest BCUT2D eigenvalue weighted by atomic mass is 10.0. The van der Waals surface area contributed by atoms with Crippen molar-refractivity contribution in [2.75, 3.05) is 19.0 Å². The van der Waals surface area contributed by atoms with Gasteiger partial charge in [-0.25, -0.2) is 0 Å². The second-order valence-electron chi connectivity index (χ2n) is 4.77. The molecular formula is C13H23ClN2O2. The highest BCUT2D eigenvalue weighted by atomic mass is 35.5. The molecule has 1 heterocycles. The number of halogens is 1. The number of likely N-dealkylation sites (tertiary alicyclic amines) is 1. The first-order chi connectivity index (χ1) is 8.67. The number of carbonyl (C=O) groups is 2. The molecule has 0 aromatic heterocycles. The van der Waals surface area contributed by atoms with Crippen molar-refractivity contribution in [2.45, 2.75) is 51.5 Å². The van der Waals surface area contributed by atoms with Gasteiger partial charge in [-0.2, -0.15) is 0 Å². The van der Waals surface area contributed by atoms with E-state index in [9.17, 15) is 9.59 Å². The highest BCUT2D eigenvalue weighted by molar-refractivity contribution is 6.18. The van der Waals surface area contributed by atoms with Crippen LogP contribution in [-0.2, 0) is 9.59 Å². The normalized spacial score (nSPS) is 16.7. The summed E-state index contributed by atoms with van der Waals surface area (Å²) in [6.45, 7) is 3.61. The molecule has 0 aromatic rings. The summed E-state index contributed by atoms with van der Waals surface area (Å²) in [5.74, 6) is 0.628. The number of unbranched alkanes of at least 4 members (excludes halogenated alkanes) is 1. The Kier molecular flexibility index (Phi) is 7.09. The third-order valence-corrected chi connectivity index (χ3v) is 3.47. The summed E-state index contributed by atoms with van der Waals surface area (Å²) in [7, 11) is 0. The van der Waals surface area contributed by atoms with E-state index in [2.05, 4.69) is 12.2 Å². The minimum absolute atomic E-state index is 0.0146. The average Bonchev–Trinajstić information content (AvgIpc) is 2.37. The second-order valence-corrected chi connectivity index (χ2v) is 5.14. The Bertz CT molecular complexity index is 276. The number of alkyl halides is 1. The number of hydrogen-bond acceptors (Lipinski definition) is 2. The van der Waals surface area contributed by atoms with Crippen LogP contribution < -0.4 is 5.32 Å². The van der Waals surface area contributed by atoms with Crippen LogP contribution in [0.2, 0.25) is 0 Å². The number of rotatable bonds is 6. The van der Waals surface area contributed by atoms with Gasteiger partial charge < -0.3 is 10.2 Å². The van der Waals surface area contributed by atoms with Gasteiger partial charge in [0.1, 0.15) is 0 Å². The molecule has 2 amide bonds. The lowest BCUT2D eigenvalue weighted by molar-refractivity contribution is -0.132. The fourth-order valence-electron chi connectivity index (χ4n) is 2.15. The summed E-state index contributed by atoms with van der Waals surface area (Å²) in [6.07, 6.45) is 4.75. The molecule has 1 N–H and O–H groups in total. The standard InChI is InChI=1S/C13H23ClN2O2/c1-2-3-4-13(18)16-9-6-11(7-10-16)15-12(17)5-8-14/h11H,2-10H2,1H3,(H,15,17). The Morgan fingerprint density at radius 2 is 1.94 bits per heavy atom. The second kappa shape index (κ2) is 8.35. The molecule has 0 spiro atoms. The number of nitrogens with zero attached hydrogens (tertiary/aromatic N) is 1. The van der Waals surface area contributed by atoms with Crippen molar-refractivity contribution in [1.29, 1.82) is 0 Å². The number of amides is 2. The van der Waals surface area contributed by atoms with Crippen LogP contribution in [0.25, 0.3) is 0 Å².